The van der Waals surface area contributed by atoms with Gasteiger partial charge in [0.15, 0.2) is 0 Å². The van der Waals surface area contributed by atoms with E-state index in [2.05, 4.69) is 54.4 Å². The summed E-state index contributed by atoms with van der Waals surface area (Å²) in [5, 5.41) is 3.66. The number of hydrogen-bond acceptors (Lipinski definition) is 3. The molecule has 116 valence electrons. The van der Waals surface area contributed by atoms with Crippen LogP contribution in [0.25, 0.3) is 0 Å². The number of ether oxygens (including phenoxy) is 1. The third-order valence-corrected chi connectivity index (χ3v) is 5.13. The number of piperazine rings is 1. The van der Waals surface area contributed by atoms with Gasteiger partial charge in [-0.3, -0.25) is 4.90 Å². The SMILES string of the molecule is CC1CN(CCC2CCCO2)C(C)(c2ccccc2)CN1. The third-order valence-electron chi connectivity index (χ3n) is 5.13. The van der Waals surface area contributed by atoms with Crippen molar-refractivity contribution in [2.24, 2.45) is 0 Å². The van der Waals surface area contributed by atoms with Gasteiger partial charge in [0.2, 0.25) is 0 Å². The highest BCUT2D eigenvalue weighted by molar-refractivity contribution is 5.25. The number of hydrogen-bond donors (Lipinski definition) is 1. The number of rotatable bonds is 4. The van der Waals surface area contributed by atoms with E-state index in [1.54, 1.807) is 0 Å². The van der Waals surface area contributed by atoms with E-state index in [9.17, 15) is 0 Å². The van der Waals surface area contributed by atoms with Crippen LogP contribution in [0.3, 0.4) is 0 Å². The first-order valence-electron chi connectivity index (χ1n) is 8.34. The van der Waals surface area contributed by atoms with Crippen LogP contribution in [0, 0.1) is 0 Å². The van der Waals surface area contributed by atoms with Crippen molar-refractivity contribution in [3.8, 4) is 0 Å². The van der Waals surface area contributed by atoms with Crippen molar-refractivity contribution >= 4 is 0 Å². The second-order valence-corrected chi connectivity index (χ2v) is 6.79. The van der Waals surface area contributed by atoms with Crippen molar-refractivity contribution in [1.29, 1.82) is 0 Å². The molecule has 3 heteroatoms. The van der Waals surface area contributed by atoms with Gasteiger partial charge in [-0.1, -0.05) is 30.3 Å². The Morgan fingerprint density at radius 3 is 2.86 bits per heavy atom. The first-order valence-corrected chi connectivity index (χ1v) is 8.34. The molecule has 1 N–H and O–H groups in total. The van der Waals surface area contributed by atoms with E-state index in [1.165, 1.54) is 18.4 Å². The zero-order valence-electron chi connectivity index (χ0n) is 13.3. The van der Waals surface area contributed by atoms with Crippen LogP contribution in [-0.4, -0.2) is 43.3 Å². The number of nitrogens with one attached hydrogen (secondary N) is 1. The highest BCUT2D eigenvalue weighted by Gasteiger charge is 2.38. The molecule has 0 radical (unpaired) electrons. The lowest BCUT2D eigenvalue weighted by atomic mass is 9.86. The van der Waals surface area contributed by atoms with Gasteiger partial charge in [-0.05, 0) is 38.7 Å². The first kappa shape index (κ1) is 15.0. The molecule has 3 rings (SSSR count). The second-order valence-electron chi connectivity index (χ2n) is 6.79. The minimum absolute atomic E-state index is 0.0897. The average molecular weight is 288 g/mol. The van der Waals surface area contributed by atoms with E-state index < -0.39 is 0 Å². The maximum atomic E-state index is 5.80. The Morgan fingerprint density at radius 2 is 2.14 bits per heavy atom. The van der Waals surface area contributed by atoms with E-state index in [0.29, 0.717) is 12.1 Å². The zero-order valence-corrected chi connectivity index (χ0v) is 13.3. The summed E-state index contributed by atoms with van der Waals surface area (Å²) in [6.07, 6.45) is 4.12. The van der Waals surface area contributed by atoms with Crippen LogP contribution < -0.4 is 5.32 Å². The molecular weight excluding hydrogens is 260 g/mol. The molecule has 0 bridgehead atoms. The van der Waals surface area contributed by atoms with Gasteiger partial charge >= 0.3 is 0 Å². The fourth-order valence-corrected chi connectivity index (χ4v) is 3.67. The summed E-state index contributed by atoms with van der Waals surface area (Å²) >= 11 is 0. The van der Waals surface area contributed by atoms with Crippen molar-refractivity contribution in [1.82, 2.24) is 10.2 Å². The zero-order chi connectivity index (χ0) is 14.7. The Hall–Kier alpha value is -0.900. The standard InChI is InChI=1S/C18H28N2O/c1-15-13-20(11-10-17-9-6-12-21-17)18(2,14-19-15)16-7-4-3-5-8-16/h3-5,7-8,15,17,19H,6,9-14H2,1-2H3. The van der Waals surface area contributed by atoms with Gasteiger partial charge in [-0.2, -0.15) is 0 Å². The van der Waals surface area contributed by atoms with Crippen LogP contribution in [0.1, 0.15) is 38.7 Å². The predicted octanol–water partition coefficient (Wildman–Crippen LogP) is 2.76. The molecule has 1 aromatic carbocycles. The highest BCUT2D eigenvalue weighted by atomic mass is 16.5. The molecule has 3 nitrogen and oxygen atoms in total. The van der Waals surface area contributed by atoms with Crippen molar-refractivity contribution in [3.05, 3.63) is 35.9 Å². The largest absolute Gasteiger partial charge is 0.378 e. The van der Waals surface area contributed by atoms with Crippen LogP contribution >= 0.6 is 0 Å². The summed E-state index contributed by atoms with van der Waals surface area (Å²) in [7, 11) is 0. The van der Waals surface area contributed by atoms with E-state index in [-0.39, 0.29) is 5.54 Å². The summed E-state index contributed by atoms with van der Waals surface area (Å²) in [5.74, 6) is 0. The lowest BCUT2D eigenvalue weighted by Crippen LogP contribution is -2.61. The quantitative estimate of drug-likeness (QED) is 0.922. The molecule has 3 atom stereocenters. The molecule has 3 unspecified atom stereocenters. The molecule has 0 saturated carbocycles. The summed E-state index contributed by atoms with van der Waals surface area (Å²) in [4.78, 5) is 2.66. The van der Waals surface area contributed by atoms with E-state index in [1.807, 2.05) is 0 Å². The van der Waals surface area contributed by atoms with E-state index in [4.69, 9.17) is 4.74 Å². The van der Waals surface area contributed by atoms with Crippen LogP contribution in [0.15, 0.2) is 30.3 Å². The van der Waals surface area contributed by atoms with E-state index >= 15 is 0 Å². The Kier molecular flexibility index (Phi) is 4.63. The molecule has 21 heavy (non-hydrogen) atoms. The minimum atomic E-state index is 0.0897. The Bertz CT molecular complexity index is 444. The molecular formula is C18H28N2O. The molecule has 0 amide bonds. The van der Waals surface area contributed by atoms with Crippen molar-refractivity contribution in [2.45, 2.75) is 50.8 Å². The maximum Gasteiger partial charge on any atom is 0.0588 e. The molecule has 2 heterocycles. The monoisotopic (exact) mass is 288 g/mol. The van der Waals surface area contributed by atoms with E-state index in [0.717, 1.165) is 32.7 Å². The normalized spacial score (nSPS) is 34.2. The minimum Gasteiger partial charge on any atom is -0.378 e. The van der Waals surface area contributed by atoms with Crippen LogP contribution in [-0.2, 0) is 10.3 Å². The topological polar surface area (TPSA) is 24.5 Å². The van der Waals surface area contributed by atoms with Crippen LogP contribution in [0.5, 0.6) is 0 Å². The average Bonchev–Trinajstić information content (AvgIpc) is 3.02. The smallest absolute Gasteiger partial charge is 0.0588 e. The Morgan fingerprint density at radius 1 is 1.33 bits per heavy atom. The molecule has 2 aliphatic rings. The lowest BCUT2D eigenvalue weighted by molar-refractivity contribution is 0.0298. The first-order chi connectivity index (χ1) is 10.2. The Balaban J connectivity index is 1.72. The van der Waals surface area contributed by atoms with Crippen molar-refractivity contribution in [3.63, 3.8) is 0 Å². The molecule has 2 fully saturated rings. The number of benzene rings is 1. The van der Waals surface area contributed by atoms with Crippen LogP contribution in [0.4, 0.5) is 0 Å². The molecule has 0 spiro atoms. The van der Waals surface area contributed by atoms with Gasteiger partial charge in [0.25, 0.3) is 0 Å². The van der Waals surface area contributed by atoms with Gasteiger partial charge < -0.3 is 10.1 Å². The molecule has 1 aromatic rings. The second kappa shape index (κ2) is 6.47. The van der Waals surface area contributed by atoms with Crippen molar-refractivity contribution in [2.75, 3.05) is 26.2 Å². The van der Waals surface area contributed by atoms with Gasteiger partial charge in [0, 0.05) is 32.3 Å². The molecule has 2 saturated heterocycles. The summed E-state index contributed by atoms with van der Waals surface area (Å²) in [6.45, 7) is 8.86. The van der Waals surface area contributed by atoms with Gasteiger partial charge in [-0.15, -0.1) is 0 Å². The van der Waals surface area contributed by atoms with Gasteiger partial charge in [-0.25, -0.2) is 0 Å². The predicted molar refractivity (Wildman–Crippen MR) is 86.4 cm³/mol. The Labute approximate surface area is 128 Å². The van der Waals surface area contributed by atoms with Gasteiger partial charge in [0.05, 0.1) is 11.6 Å². The summed E-state index contributed by atoms with van der Waals surface area (Å²) in [5.41, 5.74) is 1.50. The third kappa shape index (κ3) is 3.31. The lowest BCUT2D eigenvalue weighted by Gasteiger charge is -2.48. The van der Waals surface area contributed by atoms with Crippen molar-refractivity contribution < 1.29 is 4.74 Å². The highest BCUT2D eigenvalue weighted by Crippen LogP contribution is 2.31. The summed E-state index contributed by atoms with van der Waals surface area (Å²) < 4.78 is 5.80. The van der Waals surface area contributed by atoms with Gasteiger partial charge in [0.1, 0.15) is 0 Å². The summed E-state index contributed by atoms with van der Waals surface area (Å²) in [6, 6.07) is 11.5. The maximum absolute atomic E-state index is 5.80. The van der Waals surface area contributed by atoms with Crippen LogP contribution in [0.2, 0.25) is 0 Å². The molecule has 0 aromatic heterocycles. The molecule has 0 aliphatic carbocycles. The molecule has 2 aliphatic heterocycles. The fraction of sp³-hybridized carbons (Fsp3) is 0.667. The fourth-order valence-electron chi connectivity index (χ4n) is 3.67. The number of nitrogens with zero attached hydrogens (tertiary/aromatic N) is 1.